The molecule has 1 aliphatic heterocycles. The summed E-state index contributed by atoms with van der Waals surface area (Å²) in [6, 6.07) is 17.1. The third-order valence-electron chi connectivity index (χ3n) is 4.82. The molecule has 0 spiro atoms. The lowest BCUT2D eigenvalue weighted by molar-refractivity contribution is -0.118. The van der Waals surface area contributed by atoms with Crippen LogP contribution in [-0.4, -0.2) is 27.3 Å². The zero-order valence-electron chi connectivity index (χ0n) is 17.2. The number of carbonyl (C=O) groups is 2. The molecule has 2 amide bonds. The number of hydrogen-bond donors (Lipinski definition) is 1. The van der Waals surface area contributed by atoms with Gasteiger partial charge < -0.3 is 5.32 Å². The van der Waals surface area contributed by atoms with Gasteiger partial charge in [0, 0.05) is 18.9 Å². The van der Waals surface area contributed by atoms with Crippen molar-refractivity contribution < 1.29 is 9.59 Å². The Hall–Kier alpha value is -3.74. The molecule has 2 heterocycles. The van der Waals surface area contributed by atoms with Gasteiger partial charge in [0.2, 0.25) is 5.91 Å². The number of para-hydroxylation sites is 1. The molecular formula is C23H23N5O2. The minimum absolute atomic E-state index is 0.131. The van der Waals surface area contributed by atoms with Crippen molar-refractivity contribution in [1.82, 2.24) is 9.78 Å². The topological polar surface area (TPSA) is 79.6 Å². The number of nitrogens with zero attached hydrogens (tertiary/aromatic N) is 4. The molecular weight excluding hydrogens is 378 g/mol. The average Bonchev–Trinajstić information content (AvgIpc) is 3.08. The minimum atomic E-state index is -0.339. The van der Waals surface area contributed by atoms with E-state index in [9.17, 15) is 9.59 Å². The Bertz CT molecular complexity index is 1130. The number of benzene rings is 2. The maximum absolute atomic E-state index is 13.0. The molecule has 0 aliphatic carbocycles. The van der Waals surface area contributed by atoms with Gasteiger partial charge in [0.15, 0.2) is 0 Å². The number of hydrazone groups is 1. The van der Waals surface area contributed by atoms with Gasteiger partial charge in [-0.2, -0.15) is 10.2 Å². The maximum atomic E-state index is 13.0. The van der Waals surface area contributed by atoms with E-state index >= 15 is 0 Å². The molecule has 1 aliphatic rings. The Balaban J connectivity index is 1.62. The van der Waals surface area contributed by atoms with Crippen LogP contribution < -0.4 is 10.3 Å². The fraction of sp³-hybridized carbons (Fsp3) is 0.217. The number of rotatable bonds is 4. The first-order chi connectivity index (χ1) is 14.4. The Kier molecular flexibility index (Phi) is 5.18. The van der Waals surface area contributed by atoms with Gasteiger partial charge in [0.25, 0.3) is 5.91 Å². The number of carbonyl (C=O) groups excluding carboxylic acids is 2. The predicted molar refractivity (Wildman–Crippen MR) is 117 cm³/mol. The van der Waals surface area contributed by atoms with Crippen molar-refractivity contribution in [2.75, 3.05) is 10.3 Å². The highest BCUT2D eigenvalue weighted by atomic mass is 16.2. The Morgan fingerprint density at radius 1 is 0.933 bits per heavy atom. The van der Waals surface area contributed by atoms with Gasteiger partial charge in [0.1, 0.15) is 11.5 Å². The summed E-state index contributed by atoms with van der Waals surface area (Å²) in [4.78, 5) is 25.3. The van der Waals surface area contributed by atoms with Crippen molar-refractivity contribution in [3.05, 3.63) is 71.4 Å². The molecule has 30 heavy (non-hydrogen) atoms. The molecule has 0 atom stereocenters. The summed E-state index contributed by atoms with van der Waals surface area (Å²) in [5, 5.41) is 13.1. The molecule has 1 aromatic heterocycles. The molecule has 152 valence electrons. The van der Waals surface area contributed by atoms with Crippen LogP contribution in [0.1, 0.15) is 29.7 Å². The number of aryl methyl sites for hydroxylation is 3. The number of amides is 2. The third-order valence-corrected chi connectivity index (χ3v) is 4.82. The van der Waals surface area contributed by atoms with Crippen LogP contribution in [0.2, 0.25) is 0 Å². The summed E-state index contributed by atoms with van der Waals surface area (Å²) >= 11 is 0. The van der Waals surface area contributed by atoms with E-state index in [-0.39, 0.29) is 18.2 Å². The molecule has 1 N–H and O–H groups in total. The summed E-state index contributed by atoms with van der Waals surface area (Å²) in [6.07, 6.45) is 0.529. The molecule has 7 heteroatoms. The number of anilines is 2. The van der Waals surface area contributed by atoms with E-state index in [2.05, 4.69) is 21.6 Å². The van der Waals surface area contributed by atoms with Crippen molar-refractivity contribution in [3.63, 3.8) is 0 Å². The van der Waals surface area contributed by atoms with E-state index in [1.807, 2.05) is 57.2 Å². The van der Waals surface area contributed by atoms with Crippen LogP contribution in [0.5, 0.6) is 0 Å². The highest BCUT2D eigenvalue weighted by Gasteiger charge is 2.26. The largest absolute Gasteiger partial charge is 0.305 e. The number of aromatic nitrogens is 2. The Labute approximate surface area is 175 Å². The van der Waals surface area contributed by atoms with E-state index in [1.165, 1.54) is 5.01 Å². The van der Waals surface area contributed by atoms with Crippen molar-refractivity contribution in [2.45, 2.75) is 33.6 Å². The van der Waals surface area contributed by atoms with Crippen molar-refractivity contribution in [2.24, 2.45) is 5.10 Å². The second-order valence-electron chi connectivity index (χ2n) is 7.47. The molecule has 0 saturated carbocycles. The lowest BCUT2D eigenvalue weighted by Crippen LogP contribution is -2.36. The van der Waals surface area contributed by atoms with Crippen molar-refractivity contribution >= 4 is 29.0 Å². The fourth-order valence-electron chi connectivity index (χ4n) is 3.53. The first-order valence-electron chi connectivity index (χ1n) is 9.83. The standard InChI is InChI=1S/C23H23N5O2/c1-15-11-16(2)13-19(12-15)27-21(14-17(3)25-27)24-23(30)20-9-10-22(29)28(26-20)18-7-5-4-6-8-18/h4-8,11-14H,9-10H2,1-3H3,(H,24,30). The summed E-state index contributed by atoms with van der Waals surface area (Å²) in [7, 11) is 0. The molecule has 3 aromatic rings. The summed E-state index contributed by atoms with van der Waals surface area (Å²) in [5.41, 5.74) is 4.85. The molecule has 0 radical (unpaired) electrons. The first kappa shape index (κ1) is 19.6. The van der Waals surface area contributed by atoms with Crippen LogP contribution in [-0.2, 0) is 9.59 Å². The number of nitrogens with one attached hydrogen (secondary N) is 1. The lowest BCUT2D eigenvalue weighted by Gasteiger charge is -2.23. The van der Waals surface area contributed by atoms with Gasteiger partial charge in [-0.1, -0.05) is 24.3 Å². The molecule has 2 aromatic carbocycles. The molecule has 4 rings (SSSR count). The average molecular weight is 401 g/mol. The van der Waals surface area contributed by atoms with E-state index in [4.69, 9.17) is 0 Å². The van der Waals surface area contributed by atoms with Crippen LogP contribution in [0.25, 0.3) is 5.69 Å². The van der Waals surface area contributed by atoms with E-state index in [1.54, 1.807) is 16.8 Å². The van der Waals surface area contributed by atoms with Crippen LogP contribution in [0, 0.1) is 20.8 Å². The fourth-order valence-corrected chi connectivity index (χ4v) is 3.53. The maximum Gasteiger partial charge on any atom is 0.273 e. The van der Waals surface area contributed by atoms with Crippen molar-refractivity contribution in [1.29, 1.82) is 0 Å². The van der Waals surface area contributed by atoms with Gasteiger partial charge >= 0.3 is 0 Å². The number of hydrogen-bond acceptors (Lipinski definition) is 4. The zero-order valence-corrected chi connectivity index (χ0v) is 17.2. The summed E-state index contributed by atoms with van der Waals surface area (Å²) in [5.74, 6) is 0.0937. The predicted octanol–water partition coefficient (Wildman–Crippen LogP) is 3.92. The normalized spacial score (nSPS) is 13.9. The second-order valence-corrected chi connectivity index (χ2v) is 7.47. The molecule has 7 nitrogen and oxygen atoms in total. The molecule has 0 saturated heterocycles. The van der Waals surface area contributed by atoms with Gasteiger partial charge in [-0.15, -0.1) is 0 Å². The molecule has 0 unspecified atom stereocenters. The van der Waals surface area contributed by atoms with Gasteiger partial charge in [0.05, 0.1) is 17.1 Å². The van der Waals surface area contributed by atoms with Gasteiger partial charge in [-0.05, 0) is 56.2 Å². The summed E-state index contributed by atoms with van der Waals surface area (Å²) in [6.45, 7) is 5.93. The minimum Gasteiger partial charge on any atom is -0.305 e. The quantitative estimate of drug-likeness (QED) is 0.720. The second kappa shape index (κ2) is 7.94. The SMILES string of the molecule is Cc1cc(C)cc(-n2nc(C)cc2NC(=O)C2=NN(c3ccccc3)C(=O)CC2)c1. The molecule has 0 fully saturated rings. The Morgan fingerprint density at radius 2 is 1.63 bits per heavy atom. The van der Waals surface area contributed by atoms with Crippen LogP contribution in [0.15, 0.2) is 59.7 Å². The third kappa shape index (κ3) is 4.00. The van der Waals surface area contributed by atoms with Gasteiger partial charge in [-0.3, -0.25) is 9.59 Å². The highest BCUT2D eigenvalue weighted by Crippen LogP contribution is 2.22. The Morgan fingerprint density at radius 3 is 2.33 bits per heavy atom. The van der Waals surface area contributed by atoms with Crippen LogP contribution in [0.3, 0.4) is 0 Å². The van der Waals surface area contributed by atoms with Crippen molar-refractivity contribution in [3.8, 4) is 5.69 Å². The zero-order chi connectivity index (χ0) is 21.3. The smallest absolute Gasteiger partial charge is 0.273 e. The monoisotopic (exact) mass is 401 g/mol. The first-order valence-corrected chi connectivity index (χ1v) is 9.83. The lowest BCUT2D eigenvalue weighted by atomic mass is 10.1. The van der Waals surface area contributed by atoms with E-state index in [0.717, 1.165) is 22.5 Å². The van der Waals surface area contributed by atoms with Crippen LogP contribution in [0.4, 0.5) is 11.5 Å². The van der Waals surface area contributed by atoms with E-state index in [0.29, 0.717) is 23.6 Å². The van der Waals surface area contributed by atoms with E-state index < -0.39 is 0 Å². The van der Waals surface area contributed by atoms with Gasteiger partial charge in [-0.25, -0.2) is 9.69 Å². The summed E-state index contributed by atoms with van der Waals surface area (Å²) < 4.78 is 1.72. The highest BCUT2D eigenvalue weighted by molar-refractivity contribution is 6.44. The molecule has 0 bridgehead atoms. The van der Waals surface area contributed by atoms with Crippen LogP contribution >= 0.6 is 0 Å².